The molecule has 0 radical (unpaired) electrons. The molecule has 0 aliphatic carbocycles. The number of halogens is 3. The first-order valence-corrected chi connectivity index (χ1v) is 5.70. The Bertz CT molecular complexity index is 463. The number of carboxylic acid groups (broad SMARTS) is 1. The van der Waals surface area contributed by atoms with Gasteiger partial charge in [-0.05, 0) is 12.1 Å². The zero-order valence-electron chi connectivity index (χ0n) is 10.4. The number of anilines is 1. The number of carboxylic acids is 1. The van der Waals surface area contributed by atoms with Crippen molar-refractivity contribution >= 4 is 11.7 Å². The molecule has 0 heterocycles. The minimum atomic E-state index is -4.33. The second kappa shape index (κ2) is 6.99. The third-order valence-corrected chi connectivity index (χ3v) is 2.22. The molecule has 20 heavy (non-hydrogen) atoms. The molecule has 0 unspecified atom stereocenters. The lowest BCUT2D eigenvalue weighted by molar-refractivity contribution is -0.174. The van der Waals surface area contributed by atoms with E-state index >= 15 is 0 Å². The SMILES string of the molecule is Nc1cc(OCCCOCC(F)(F)F)ccc1C(=O)O. The van der Waals surface area contributed by atoms with Gasteiger partial charge < -0.3 is 20.3 Å². The number of benzene rings is 1. The fourth-order valence-electron chi connectivity index (χ4n) is 1.36. The van der Waals surface area contributed by atoms with Crippen LogP contribution in [0.25, 0.3) is 0 Å². The largest absolute Gasteiger partial charge is 0.493 e. The maximum absolute atomic E-state index is 11.8. The van der Waals surface area contributed by atoms with Crippen LogP contribution in [-0.4, -0.2) is 37.1 Å². The van der Waals surface area contributed by atoms with Gasteiger partial charge in [0.15, 0.2) is 0 Å². The van der Waals surface area contributed by atoms with E-state index in [1.807, 2.05) is 0 Å². The molecule has 0 saturated carbocycles. The number of nitrogen functional groups attached to an aromatic ring is 1. The summed E-state index contributed by atoms with van der Waals surface area (Å²) in [5, 5.41) is 8.77. The molecule has 1 aromatic carbocycles. The van der Waals surface area contributed by atoms with Gasteiger partial charge >= 0.3 is 12.1 Å². The Hall–Kier alpha value is -1.96. The van der Waals surface area contributed by atoms with Crippen LogP contribution in [0.15, 0.2) is 18.2 Å². The molecule has 0 aliphatic rings. The van der Waals surface area contributed by atoms with Crippen molar-refractivity contribution in [1.29, 1.82) is 0 Å². The van der Waals surface area contributed by atoms with Crippen molar-refractivity contribution in [3.63, 3.8) is 0 Å². The zero-order chi connectivity index (χ0) is 15.2. The molecule has 0 amide bonds. The summed E-state index contributed by atoms with van der Waals surface area (Å²) < 4.78 is 44.9. The van der Waals surface area contributed by atoms with Crippen LogP contribution < -0.4 is 10.5 Å². The topological polar surface area (TPSA) is 81.8 Å². The molecular formula is C12H14F3NO4. The van der Waals surface area contributed by atoms with Crippen molar-refractivity contribution in [3.8, 4) is 5.75 Å². The summed E-state index contributed by atoms with van der Waals surface area (Å²) in [7, 11) is 0. The van der Waals surface area contributed by atoms with Gasteiger partial charge in [-0.3, -0.25) is 0 Å². The normalized spacial score (nSPS) is 11.3. The first-order valence-electron chi connectivity index (χ1n) is 5.70. The second-order valence-electron chi connectivity index (χ2n) is 3.92. The lowest BCUT2D eigenvalue weighted by Crippen LogP contribution is -2.18. The molecule has 1 rings (SSSR count). The molecule has 5 nitrogen and oxygen atoms in total. The third-order valence-electron chi connectivity index (χ3n) is 2.22. The van der Waals surface area contributed by atoms with Crippen LogP contribution in [0.5, 0.6) is 5.75 Å². The average Bonchev–Trinajstić information content (AvgIpc) is 2.32. The van der Waals surface area contributed by atoms with Crippen LogP contribution in [0.3, 0.4) is 0 Å². The van der Waals surface area contributed by atoms with Gasteiger partial charge in [0.25, 0.3) is 0 Å². The van der Waals surface area contributed by atoms with Crippen molar-refractivity contribution in [2.75, 3.05) is 25.6 Å². The molecule has 0 aliphatic heterocycles. The number of aromatic carboxylic acids is 1. The van der Waals surface area contributed by atoms with Gasteiger partial charge in [-0.2, -0.15) is 13.2 Å². The second-order valence-corrected chi connectivity index (χ2v) is 3.92. The van der Waals surface area contributed by atoms with Crippen LogP contribution in [0, 0.1) is 0 Å². The Kier molecular flexibility index (Phi) is 5.63. The van der Waals surface area contributed by atoms with Crippen molar-refractivity contribution in [2.45, 2.75) is 12.6 Å². The number of hydrogen-bond donors (Lipinski definition) is 2. The fourth-order valence-corrected chi connectivity index (χ4v) is 1.36. The van der Waals surface area contributed by atoms with E-state index in [1.165, 1.54) is 18.2 Å². The lowest BCUT2D eigenvalue weighted by Gasteiger charge is -2.09. The minimum Gasteiger partial charge on any atom is -0.493 e. The molecular weight excluding hydrogens is 279 g/mol. The van der Waals surface area contributed by atoms with Gasteiger partial charge in [0, 0.05) is 18.2 Å². The van der Waals surface area contributed by atoms with Gasteiger partial charge in [-0.1, -0.05) is 0 Å². The highest BCUT2D eigenvalue weighted by molar-refractivity contribution is 5.93. The maximum atomic E-state index is 11.8. The van der Waals surface area contributed by atoms with E-state index in [9.17, 15) is 18.0 Å². The van der Waals surface area contributed by atoms with E-state index in [2.05, 4.69) is 4.74 Å². The molecule has 0 aromatic heterocycles. The lowest BCUT2D eigenvalue weighted by atomic mass is 10.2. The highest BCUT2D eigenvalue weighted by atomic mass is 19.4. The van der Waals surface area contributed by atoms with Gasteiger partial charge in [-0.25, -0.2) is 4.79 Å². The van der Waals surface area contributed by atoms with Gasteiger partial charge in [0.2, 0.25) is 0 Å². The smallest absolute Gasteiger partial charge is 0.411 e. The Labute approximate surface area is 113 Å². The average molecular weight is 293 g/mol. The first-order chi connectivity index (χ1) is 9.29. The van der Waals surface area contributed by atoms with Gasteiger partial charge in [0.05, 0.1) is 18.8 Å². The van der Waals surface area contributed by atoms with E-state index in [4.69, 9.17) is 15.6 Å². The monoisotopic (exact) mass is 293 g/mol. The highest BCUT2D eigenvalue weighted by Crippen LogP contribution is 2.20. The molecule has 3 N–H and O–H groups in total. The van der Waals surface area contributed by atoms with Crippen LogP contribution in [0.2, 0.25) is 0 Å². The van der Waals surface area contributed by atoms with Gasteiger partial charge in [-0.15, -0.1) is 0 Å². The molecule has 8 heteroatoms. The standard InChI is InChI=1S/C12H14F3NO4/c13-12(14,15)7-19-4-1-5-20-8-2-3-9(11(17)18)10(16)6-8/h2-3,6H,1,4-5,7,16H2,(H,17,18). The quantitative estimate of drug-likeness (QED) is 0.595. The molecule has 0 saturated heterocycles. The molecule has 112 valence electrons. The van der Waals surface area contributed by atoms with Crippen molar-refractivity contribution in [2.24, 2.45) is 0 Å². The Balaban J connectivity index is 2.29. The summed E-state index contributed by atoms with van der Waals surface area (Å²) in [6, 6.07) is 4.07. The van der Waals surface area contributed by atoms with Crippen LogP contribution in [0.1, 0.15) is 16.8 Å². The number of alkyl halides is 3. The number of hydrogen-bond acceptors (Lipinski definition) is 4. The van der Waals surface area contributed by atoms with Gasteiger partial charge in [0.1, 0.15) is 12.4 Å². The third kappa shape index (κ3) is 5.79. The summed E-state index contributed by atoms with van der Waals surface area (Å²) in [5.74, 6) is -0.794. The van der Waals surface area contributed by atoms with Crippen LogP contribution in [0.4, 0.5) is 18.9 Å². The van der Waals surface area contributed by atoms with Crippen molar-refractivity contribution in [1.82, 2.24) is 0 Å². The maximum Gasteiger partial charge on any atom is 0.411 e. The van der Waals surface area contributed by atoms with Crippen molar-refractivity contribution in [3.05, 3.63) is 23.8 Å². The summed E-state index contributed by atoms with van der Waals surface area (Å²) in [5.41, 5.74) is 5.53. The molecule has 0 bridgehead atoms. The molecule has 0 spiro atoms. The zero-order valence-corrected chi connectivity index (χ0v) is 10.4. The summed E-state index contributed by atoms with van der Waals surface area (Å²) in [6.45, 7) is -1.22. The fraction of sp³-hybridized carbons (Fsp3) is 0.417. The Morgan fingerprint density at radius 2 is 2.00 bits per heavy atom. The summed E-state index contributed by atoms with van der Waals surface area (Å²) in [4.78, 5) is 10.7. The Morgan fingerprint density at radius 1 is 1.30 bits per heavy atom. The number of carbonyl (C=O) groups is 1. The number of ether oxygens (including phenoxy) is 2. The summed E-state index contributed by atoms with van der Waals surface area (Å²) >= 11 is 0. The van der Waals surface area contributed by atoms with Crippen molar-refractivity contribution < 1.29 is 32.5 Å². The molecule has 1 aromatic rings. The summed E-state index contributed by atoms with van der Waals surface area (Å²) in [6.07, 6.45) is -4.06. The Morgan fingerprint density at radius 3 is 2.55 bits per heavy atom. The first kappa shape index (κ1) is 16.1. The van der Waals surface area contributed by atoms with Crippen LogP contribution in [-0.2, 0) is 4.74 Å². The minimum absolute atomic E-state index is 0.0362. The van der Waals surface area contributed by atoms with E-state index in [1.54, 1.807) is 0 Å². The molecule has 0 fully saturated rings. The number of rotatable bonds is 7. The predicted octanol–water partition coefficient (Wildman–Crippen LogP) is 2.31. The van der Waals surface area contributed by atoms with E-state index in [0.717, 1.165) is 0 Å². The molecule has 0 atom stereocenters. The number of nitrogens with two attached hydrogens (primary N) is 1. The predicted molar refractivity (Wildman–Crippen MR) is 64.8 cm³/mol. The van der Waals surface area contributed by atoms with E-state index in [-0.39, 0.29) is 30.9 Å². The van der Waals surface area contributed by atoms with Crippen LogP contribution >= 0.6 is 0 Å². The van der Waals surface area contributed by atoms with E-state index in [0.29, 0.717) is 5.75 Å². The van der Waals surface area contributed by atoms with E-state index < -0.39 is 18.8 Å². The highest BCUT2D eigenvalue weighted by Gasteiger charge is 2.27.